The fourth-order valence-corrected chi connectivity index (χ4v) is 4.29. The molecule has 3 aromatic rings. The predicted octanol–water partition coefficient (Wildman–Crippen LogP) is 4.75. The van der Waals surface area contributed by atoms with Crippen LogP contribution in [0.15, 0.2) is 48.5 Å². The lowest BCUT2D eigenvalue weighted by Crippen LogP contribution is -2.14. The topological polar surface area (TPSA) is 92.0 Å². The van der Waals surface area contributed by atoms with Crippen LogP contribution in [0.2, 0.25) is 0 Å². The van der Waals surface area contributed by atoms with Gasteiger partial charge in [-0.25, -0.2) is 0 Å². The second kappa shape index (κ2) is 10.5. The minimum atomic E-state index is -0.334. The number of hydrogen-bond donors (Lipinski definition) is 2. The molecule has 3 aromatic carbocycles. The largest absolute Gasteiger partial charge is 0.492 e. The van der Waals surface area contributed by atoms with Crippen LogP contribution in [-0.2, 0) is 19.3 Å². The molecule has 0 aliphatic heterocycles. The van der Waals surface area contributed by atoms with Crippen molar-refractivity contribution < 1.29 is 23.7 Å². The maximum absolute atomic E-state index is 13.3. The third kappa shape index (κ3) is 4.79. The number of carbonyl (C=O) groups is 1. The summed E-state index contributed by atoms with van der Waals surface area (Å²) >= 11 is 0. The average molecular weight is 463 g/mol. The molecule has 0 unspecified atom stereocenters. The quantitative estimate of drug-likeness (QED) is 0.477. The van der Waals surface area contributed by atoms with Gasteiger partial charge in [-0.05, 0) is 73.2 Å². The summed E-state index contributed by atoms with van der Waals surface area (Å²) in [5, 5.41) is 2.98. The highest BCUT2D eigenvalue weighted by atomic mass is 16.5. The number of fused-ring (bicyclic) bond motifs is 1. The highest BCUT2D eigenvalue weighted by Gasteiger charge is 2.26. The van der Waals surface area contributed by atoms with Crippen LogP contribution >= 0.6 is 0 Å². The molecular formula is C27H30N2O5. The van der Waals surface area contributed by atoms with E-state index in [1.807, 2.05) is 36.4 Å². The zero-order chi connectivity index (χ0) is 24.1. The van der Waals surface area contributed by atoms with E-state index in [4.69, 9.17) is 24.7 Å². The lowest BCUT2D eigenvalue weighted by Gasteiger charge is -2.19. The van der Waals surface area contributed by atoms with Crippen LogP contribution < -0.4 is 30.0 Å². The number of benzene rings is 3. The molecule has 0 atom stereocenters. The molecule has 1 aliphatic carbocycles. The van der Waals surface area contributed by atoms with E-state index in [0.29, 0.717) is 23.8 Å². The molecule has 0 fully saturated rings. The minimum Gasteiger partial charge on any atom is -0.492 e. The molecule has 4 rings (SSSR count). The monoisotopic (exact) mass is 462 g/mol. The van der Waals surface area contributed by atoms with Gasteiger partial charge in [-0.2, -0.15) is 0 Å². The van der Waals surface area contributed by atoms with Gasteiger partial charge in [-0.15, -0.1) is 0 Å². The Labute approximate surface area is 199 Å². The zero-order valence-electron chi connectivity index (χ0n) is 19.8. The third-order valence-corrected chi connectivity index (χ3v) is 5.95. The first kappa shape index (κ1) is 23.4. The van der Waals surface area contributed by atoms with Gasteiger partial charge in [0.15, 0.2) is 11.5 Å². The summed E-state index contributed by atoms with van der Waals surface area (Å²) < 4.78 is 22.8. The van der Waals surface area contributed by atoms with Crippen molar-refractivity contribution in [1.29, 1.82) is 0 Å². The lowest BCUT2D eigenvalue weighted by molar-refractivity contribution is 0.102. The van der Waals surface area contributed by atoms with Crippen LogP contribution in [-0.4, -0.2) is 33.8 Å². The van der Waals surface area contributed by atoms with E-state index in [9.17, 15) is 4.79 Å². The van der Waals surface area contributed by atoms with Crippen LogP contribution in [0, 0.1) is 0 Å². The second-order valence-electron chi connectivity index (χ2n) is 8.10. The second-order valence-corrected chi connectivity index (χ2v) is 8.10. The van der Waals surface area contributed by atoms with Crippen LogP contribution in [0.3, 0.4) is 0 Å². The third-order valence-electron chi connectivity index (χ3n) is 5.95. The smallest absolute Gasteiger partial charge is 0.259 e. The molecule has 0 saturated heterocycles. The summed E-state index contributed by atoms with van der Waals surface area (Å²) in [6.07, 6.45) is 4.04. The first-order valence-corrected chi connectivity index (χ1v) is 11.3. The summed E-state index contributed by atoms with van der Waals surface area (Å²) in [6.45, 7) is 0.576. The average Bonchev–Trinajstić information content (AvgIpc) is 3.32. The van der Waals surface area contributed by atoms with Crippen molar-refractivity contribution in [2.75, 3.05) is 33.2 Å². The number of carbonyl (C=O) groups excluding carboxylic acids is 1. The van der Waals surface area contributed by atoms with E-state index in [0.717, 1.165) is 36.9 Å². The SMILES string of the molecule is COc1c(Oc2ccc(CCN)cc2)cc(C(=O)Nc2ccc3c(c2)CCC3)c(OC)c1OC. The van der Waals surface area contributed by atoms with Gasteiger partial charge in [0, 0.05) is 11.8 Å². The molecule has 0 spiro atoms. The van der Waals surface area contributed by atoms with Crippen LogP contribution in [0.4, 0.5) is 5.69 Å². The molecule has 7 nitrogen and oxygen atoms in total. The Balaban J connectivity index is 1.68. The first-order valence-electron chi connectivity index (χ1n) is 11.3. The van der Waals surface area contributed by atoms with E-state index in [1.165, 1.54) is 32.5 Å². The molecular weight excluding hydrogens is 432 g/mol. The molecule has 0 radical (unpaired) electrons. The number of nitrogens with two attached hydrogens (primary N) is 1. The lowest BCUT2D eigenvalue weighted by atomic mass is 10.1. The van der Waals surface area contributed by atoms with Gasteiger partial charge in [0.1, 0.15) is 5.75 Å². The number of aryl methyl sites for hydroxylation is 2. The van der Waals surface area contributed by atoms with Gasteiger partial charge in [-0.3, -0.25) is 4.79 Å². The van der Waals surface area contributed by atoms with Crippen molar-refractivity contribution in [2.24, 2.45) is 5.73 Å². The Bertz CT molecular complexity index is 1170. The van der Waals surface area contributed by atoms with Crippen molar-refractivity contribution in [1.82, 2.24) is 0 Å². The molecule has 0 aromatic heterocycles. The number of anilines is 1. The normalized spacial score (nSPS) is 12.1. The summed E-state index contributed by atoms with van der Waals surface area (Å²) in [4.78, 5) is 13.3. The van der Waals surface area contributed by atoms with Gasteiger partial charge in [0.25, 0.3) is 5.91 Å². The summed E-state index contributed by atoms with van der Waals surface area (Å²) in [6, 6.07) is 15.3. The van der Waals surface area contributed by atoms with Crippen molar-refractivity contribution in [3.05, 3.63) is 70.8 Å². The standard InChI is InChI=1S/C27H30N2O5/c1-31-24-22(27(30)29-20-10-9-18-5-4-6-19(18)15-20)16-23(25(32-2)26(24)33-3)34-21-11-7-17(8-12-21)13-14-28/h7-12,15-16H,4-6,13-14,28H2,1-3H3,(H,29,30). The van der Waals surface area contributed by atoms with Gasteiger partial charge in [-0.1, -0.05) is 18.2 Å². The maximum atomic E-state index is 13.3. The van der Waals surface area contributed by atoms with Crippen molar-refractivity contribution in [2.45, 2.75) is 25.7 Å². The minimum absolute atomic E-state index is 0.267. The van der Waals surface area contributed by atoms with Gasteiger partial charge < -0.3 is 30.0 Å². The molecule has 34 heavy (non-hydrogen) atoms. The van der Waals surface area contributed by atoms with Crippen LogP contribution in [0.25, 0.3) is 0 Å². The van der Waals surface area contributed by atoms with E-state index in [1.54, 1.807) is 6.07 Å². The Morgan fingerprint density at radius 1 is 0.882 bits per heavy atom. The number of amides is 1. The van der Waals surface area contributed by atoms with Crippen LogP contribution in [0.5, 0.6) is 28.7 Å². The molecule has 0 heterocycles. The first-order chi connectivity index (χ1) is 16.6. The Hall–Kier alpha value is -3.71. The van der Waals surface area contributed by atoms with Crippen LogP contribution in [0.1, 0.15) is 33.5 Å². The summed E-state index contributed by atoms with van der Waals surface area (Å²) in [5.74, 6) is 1.48. The molecule has 7 heteroatoms. The number of hydrogen-bond acceptors (Lipinski definition) is 6. The Morgan fingerprint density at radius 3 is 2.26 bits per heavy atom. The van der Waals surface area contributed by atoms with E-state index < -0.39 is 0 Å². The fraction of sp³-hybridized carbons (Fsp3) is 0.296. The highest BCUT2D eigenvalue weighted by Crippen LogP contribution is 2.48. The zero-order valence-corrected chi connectivity index (χ0v) is 19.8. The molecule has 0 saturated carbocycles. The van der Waals surface area contributed by atoms with Crippen molar-refractivity contribution >= 4 is 11.6 Å². The maximum Gasteiger partial charge on any atom is 0.259 e. The van der Waals surface area contributed by atoms with Gasteiger partial charge in [0.05, 0.1) is 26.9 Å². The fourth-order valence-electron chi connectivity index (χ4n) is 4.29. The van der Waals surface area contributed by atoms with E-state index in [-0.39, 0.29) is 23.0 Å². The van der Waals surface area contributed by atoms with Gasteiger partial charge >= 0.3 is 0 Å². The predicted molar refractivity (Wildman–Crippen MR) is 132 cm³/mol. The molecule has 0 bridgehead atoms. The van der Waals surface area contributed by atoms with E-state index >= 15 is 0 Å². The highest BCUT2D eigenvalue weighted by molar-refractivity contribution is 6.07. The number of methoxy groups -OCH3 is 3. The Kier molecular flexibility index (Phi) is 7.23. The van der Waals surface area contributed by atoms with Crippen molar-refractivity contribution in [3.63, 3.8) is 0 Å². The van der Waals surface area contributed by atoms with E-state index in [2.05, 4.69) is 11.4 Å². The summed E-state index contributed by atoms with van der Waals surface area (Å²) in [7, 11) is 4.49. The Morgan fingerprint density at radius 2 is 1.59 bits per heavy atom. The molecule has 178 valence electrons. The number of nitrogens with one attached hydrogen (secondary N) is 1. The molecule has 1 aliphatic rings. The molecule has 3 N–H and O–H groups in total. The van der Waals surface area contributed by atoms with Gasteiger partial charge in [0.2, 0.25) is 11.5 Å². The summed E-state index contributed by atoms with van der Waals surface area (Å²) in [5.41, 5.74) is 10.4. The number of ether oxygens (including phenoxy) is 4. The molecule has 1 amide bonds. The number of rotatable bonds is 9. The van der Waals surface area contributed by atoms with Crippen molar-refractivity contribution in [3.8, 4) is 28.7 Å².